The quantitative estimate of drug-likeness (QED) is 0.782. The van der Waals surface area contributed by atoms with Crippen LogP contribution in [-0.2, 0) is 4.79 Å². The molecule has 4 N–H and O–H groups in total. The fourth-order valence-corrected chi connectivity index (χ4v) is 1.73. The number of hydrogen-bond donors (Lipinski definition) is 3. The van der Waals surface area contributed by atoms with Gasteiger partial charge in [-0.2, -0.15) is 0 Å². The highest BCUT2D eigenvalue weighted by Crippen LogP contribution is 2.15. The Morgan fingerprint density at radius 1 is 1.29 bits per heavy atom. The second kappa shape index (κ2) is 6.56. The van der Waals surface area contributed by atoms with Crippen molar-refractivity contribution < 1.29 is 9.59 Å². The standard InChI is InChI=1S/C15H24N4O2/c1-9(2)11-6-10(7-12(16)18-11)14(21)17-8-13(20)19-15(3,4)5/h6-7,9H,8H2,1-5H3,(H2,16,18)(H,17,21)(H,19,20). The molecule has 1 heterocycles. The van der Waals surface area contributed by atoms with Gasteiger partial charge >= 0.3 is 0 Å². The molecule has 0 aliphatic carbocycles. The molecule has 0 aromatic carbocycles. The molecular weight excluding hydrogens is 268 g/mol. The molecule has 0 saturated heterocycles. The summed E-state index contributed by atoms with van der Waals surface area (Å²) in [5.74, 6) is -0.105. The van der Waals surface area contributed by atoms with E-state index >= 15 is 0 Å². The van der Waals surface area contributed by atoms with Crippen LogP contribution in [0.5, 0.6) is 0 Å². The predicted octanol–water partition coefficient (Wildman–Crippen LogP) is 1.43. The first-order valence-corrected chi connectivity index (χ1v) is 6.95. The zero-order chi connectivity index (χ0) is 16.2. The predicted molar refractivity (Wildman–Crippen MR) is 83.0 cm³/mol. The van der Waals surface area contributed by atoms with Crippen LogP contribution in [-0.4, -0.2) is 28.9 Å². The number of carbonyl (C=O) groups is 2. The Bertz CT molecular complexity index is 533. The second-order valence-electron chi connectivity index (χ2n) is 6.34. The van der Waals surface area contributed by atoms with Crippen LogP contribution in [0.15, 0.2) is 12.1 Å². The number of nitrogen functional groups attached to an aromatic ring is 1. The van der Waals surface area contributed by atoms with Crippen LogP contribution in [0.25, 0.3) is 0 Å². The van der Waals surface area contributed by atoms with Gasteiger partial charge in [0, 0.05) is 16.8 Å². The molecule has 0 aliphatic rings. The van der Waals surface area contributed by atoms with Crippen molar-refractivity contribution in [2.24, 2.45) is 0 Å². The molecular formula is C15H24N4O2. The van der Waals surface area contributed by atoms with E-state index in [0.717, 1.165) is 5.69 Å². The van der Waals surface area contributed by atoms with Crippen molar-refractivity contribution >= 4 is 17.6 Å². The highest BCUT2D eigenvalue weighted by Gasteiger charge is 2.15. The average Bonchev–Trinajstić information content (AvgIpc) is 2.33. The molecule has 0 saturated carbocycles. The first kappa shape index (κ1) is 16.9. The summed E-state index contributed by atoms with van der Waals surface area (Å²) < 4.78 is 0. The molecule has 0 bridgehead atoms. The smallest absolute Gasteiger partial charge is 0.251 e. The molecule has 0 atom stereocenters. The lowest BCUT2D eigenvalue weighted by molar-refractivity contribution is -0.121. The summed E-state index contributed by atoms with van der Waals surface area (Å²) in [6.45, 7) is 9.51. The summed E-state index contributed by atoms with van der Waals surface area (Å²) in [6, 6.07) is 3.20. The number of anilines is 1. The number of nitrogens with two attached hydrogens (primary N) is 1. The normalized spacial score (nSPS) is 11.3. The minimum Gasteiger partial charge on any atom is -0.384 e. The van der Waals surface area contributed by atoms with Crippen molar-refractivity contribution in [3.8, 4) is 0 Å². The first-order valence-electron chi connectivity index (χ1n) is 6.95. The first-order chi connectivity index (χ1) is 9.58. The van der Waals surface area contributed by atoms with E-state index < -0.39 is 0 Å². The fraction of sp³-hybridized carbons (Fsp3) is 0.533. The largest absolute Gasteiger partial charge is 0.384 e. The number of pyridine rings is 1. The third-order valence-corrected chi connectivity index (χ3v) is 2.64. The van der Waals surface area contributed by atoms with Crippen molar-refractivity contribution in [2.45, 2.75) is 46.1 Å². The second-order valence-corrected chi connectivity index (χ2v) is 6.34. The molecule has 0 fully saturated rings. The summed E-state index contributed by atoms with van der Waals surface area (Å²) in [4.78, 5) is 27.9. The van der Waals surface area contributed by atoms with E-state index in [1.165, 1.54) is 6.07 Å². The summed E-state index contributed by atoms with van der Waals surface area (Å²) in [7, 11) is 0. The Hall–Kier alpha value is -2.11. The van der Waals surface area contributed by atoms with Crippen LogP contribution in [0, 0.1) is 0 Å². The van der Waals surface area contributed by atoms with Crippen molar-refractivity contribution in [2.75, 3.05) is 12.3 Å². The minimum absolute atomic E-state index is 0.0741. The van der Waals surface area contributed by atoms with Crippen molar-refractivity contribution in [3.05, 3.63) is 23.4 Å². The Kier molecular flexibility index (Phi) is 5.29. The molecule has 6 heteroatoms. The van der Waals surface area contributed by atoms with Gasteiger partial charge in [-0.3, -0.25) is 9.59 Å². The Morgan fingerprint density at radius 3 is 2.43 bits per heavy atom. The molecule has 21 heavy (non-hydrogen) atoms. The monoisotopic (exact) mass is 292 g/mol. The average molecular weight is 292 g/mol. The van der Waals surface area contributed by atoms with Gasteiger partial charge < -0.3 is 16.4 Å². The maximum absolute atomic E-state index is 12.1. The molecule has 116 valence electrons. The third-order valence-electron chi connectivity index (χ3n) is 2.64. The Labute approximate surface area is 125 Å². The molecule has 1 aromatic rings. The van der Waals surface area contributed by atoms with Gasteiger partial charge in [0.15, 0.2) is 0 Å². The number of aromatic nitrogens is 1. The lowest BCUT2D eigenvalue weighted by Crippen LogP contribution is -2.45. The van der Waals surface area contributed by atoms with Gasteiger partial charge in [-0.05, 0) is 38.8 Å². The molecule has 0 spiro atoms. The lowest BCUT2D eigenvalue weighted by Gasteiger charge is -2.20. The number of amides is 2. The van der Waals surface area contributed by atoms with E-state index in [9.17, 15) is 9.59 Å². The SMILES string of the molecule is CC(C)c1cc(C(=O)NCC(=O)NC(C)(C)C)cc(N)n1. The van der Waals surface area contributed by atoms with Gasteiger partial charge in [0.25, 0.3) is 5.91 Å². The molecule has 0 aliphatic heterocycles. The summed E-state index contributed by atoms with van der Waals surface area (Å²) in [5, 5.41) is 5.36. The van der Waals surface area contributed by atoms with Crippen LogP contribution in [0.4, 0.5) is 5.82 Å². The highest BCUT2D eigenvalue weighted by molar-refractivity contribution is 5.97. The zero-order valence-electron chi connectivity index (χ0n) is 13.3. The Morgan fingerprint density at radius 2 is 1.90 bits per heavy atom. The molecule has 2 amide bonds. The fourth-order valence-electron chi connectivity index (χ4n) is 1.73. The number of nitrogens with one attached hydrogen (secondary N) is 2. The number of carbonyl (C=O) groups excluding carboxylic acids is 2. The van der Waals surface area contributed by atoms with E-state index in [1.807, 2.05) is 34.6 Å². The number of rotatable bonds is 4. The van der Waals surface area contributed by atoms with E-state index in [1.54, 1.807) is 6.07 Å². The maximum atomic E-state index is 12.1. The highest BCUT2D eigenvalue weighted by atomic mass is 16.2. The molecule has 0 unspecified atom stereocenters. The Balaban J connectivity index is 2.70. The van der Waals surface area contributed by atoms with Crippen molar-refractivity contribution in [3.63, 3.8) is 0 Å². The summed E-state index contributed by atoms with van der Waals surface area (Å²) in [5.41, 5.74) is 6.54. The van der Waals surface area contributed by atoms with Crippen molar-refractivity contribution in [1.29, 1.82) is 0 Å². The van der Waals surface area contributed by atoms with Gasteiger partial charge in [-0.1, -0.05) is 13.8 Å². The summed E-state index contributed by atoms with van der Waals surface area (Å²) >= 11 is 0. The van der Waals surface area contributed by atoms with E-state index in [2.05, 4.69) is 15.6 Å². The van der Waals surface area contributed by atoms with Crippen LogP contribution >= 0.6 is 0 Å². The van der Waals surface area contributed by atoms with Gasteiger partial charge in [0.05, 0.1) is 6.54 Å². The lowest BCUT2D eigenvalue weighted by atomic mass is 10.1. The van der Waals surface area contributed by atoms with Gasteiger partial charge in [0.2, 0.25) is 5.91 Å². The van der Waals surface area contributed by atoms with E-state index in [4.69, 9.17) is 5.73 Å². The van der Waals surface area contributed by atoms with Crippen LogP contribution in [0.3, 0.4) is 0 Å². The van der Waals surface area contributed by atoms with Crippen molar-refractivity contribution in [1.82, 2.24) is 15.6 Å². The minimum atomic E-state index is -0.338. The maximum Gasteiger partial charge on any atom is 0.251 e. The van der Waals surface area contributed by atoms with Crippen LogP contribution < -0.4 is 16.4 Å². The zero-order valence-corrected chi connectivity index (χ0v) is 13.3. The molecule has 1 aromatic heterocycles. The van der Waals surface area contributed by atoms with Crippen LogP contribution in [0.1, 0.15) is 56.6 Å². The number of hydrogen-bond acceptors (Lipinski definition) is 4. The van der Waals surface area contributed by atoms with Gasteiger partial charge in [0.1, 0.15) is 5.82 Å². The van der Waals surface area contributed by atoms with Gasteiger partial charge in [-0.25, -0.2) is 4.98 Å². The molecule has 1 rings (SSSR count). The topological polar surface area (TPSA) is 97.1 Å². The van der Waals surface area contributed by atoms with Crippen LogP contribution in [0.2, 0.25) is 0 Å². The third kappa shape index (κ3) is 5.81. The van der Waals surface area contributed by atoms with Gasteiger partial charge in [-0.15, -0.1) is 0 Å². The van der Waals surface area contributed by atoms with E-state index in [0.29, 0.717) is 11.4 Å². The van der Waals surface area contributed by atoms with E-state index in [-0.39, 0.29) is 29.8 Å². The molecule has 0 radical (unpaired) electrons. The number of nitrogens with zero attached hydrogens (tertiary/aromatic N) is 1. The summed E-state index contributed by atoms with van der Waals surface area (Å²) in [6.07, 6.45) is 0. The molecule has 6 nitrogen and oxygen atoms in total.